The molecule has 0 spiro atoms. The second-order valence-corrected chi connectivity index (χ2v) is 9.43. The molecule has 1 atom stereocenters. The normalized spacial score (nSPS) is 16.8. The minimum atomic E-state index is -2.92. The molecular formula is C26H30F2N4. The van der Waals surface area contributed by atoms with E-state index in [2.05, 4.69) is 21.3 Å². The molecule has 4 nitrogen and oxygen atoms in total. The van der Waals surface area contributed by atoms with E-state index in [1.807, 2.05) is 26.0 Å². The number of pyridine rings is 1. The molecule has 0 saturated heterocycles. The molecule has 0 bridgehead atoms. The Bertz CT molecular complexity index is 1120. The Morgan fingerprint density at radius 1 is 1.19 bits per heavy atom. The fraction of sp³-hybridized carbons (Fsp3) is 0.500. The number of nitrogens with zero attached hydrogens (tertiary/aromatic N) is 3. The van der Waals surface area contributed by atoms with Crippen LogP contribution in [0.2, 0.25) is 0 Å². The lowest BCUT2D eigenvalue weighted by Crippen LogP contribution is -2.22. The fourth-order valence-corrected chi connectivity index (χ4v) is 4.88. The third-order valence-corrected chi connectivity index (χ3v) is 7.31. The molecule has 4 rings (SSSR count). The van der Waals surface area contributed by atoms with E-state index >= 15 is 8.78 Å². The summed E-state index contributed by atoms with van der Waals surface area (Å²) in [6.07, 6.45) is 9.15. The first-order chi connectivity index (χ1) is 15.4. The zero-order valence-electron chi connectivity index (χ0n) is 18.8. The maximum atomic E-state index is 15.5. The molecule has 1 unspecified atom stereocenters. The summed E-state index contributed by atoms with van der Waals surface area (Å²) in [5, 5.41) is 17.1. The summed E-state index contributed by atoms with van der Waals surface area (Å²) in [5.74, 6) is -2.51. The fourth-order valence-electron chi connectivity index (χ4n) is 4.88. The summed E-state index contributed by atoms with van der Waals surface area (Å²) < 4.78 is 31.0. The van der Waals surface area contributed by atoms with Crippen molar-refractivity contribution in [3.63, 3.8) is 0 Å². The molecule has 1 N–H and O–H groups in total. The molecule has 3 aromatic rings. The molecule has 1 saturated carbocycles. The summed E-state index contributed by atoms with van der Waals surface area (Å²) in [4.78, 5) is 4.28. The molecule has 6 heteroatoms. The molecular weight excluding hydrogens is 406 g/mol. The zero-order chi connectivity index (χ0) is 22.8. The number of fused-ring (bicyclic) bond motifs is 1. The third kappa shape index (κ3) is 4.39. The van der Waals surface area contributed by atoms with Crippen molar-refractivity contribution in [3.05, 3.63) is 47.8 Å². The molecule has 2 heterocycles. The second-order valence-electron chi connectivity index (χ2n) is 9.43. The highest BCUT2D eigenvalue weighted by Crippen LogP contribution is 2.42. The number of rotatable bonds is 8. The van der Waals surface area contributed by atoms with Crippen LogP contribution in [0.5, 0.6) is 0 Å². The Morgan fingerprint density at radius 2 is 1.94 bits per heavy atom. The SMILES string of the molecule is CCC(C)(CC#N)c1cc(-c2ccnc3[nH]ncc23)cc(C(F)(F)CCC2CCCC2)c1. The number of halogens is 2. The number of nitriles is 1. The van der Waals surface area contributed by atoms with E-state index in [1.54, 1.807) is 24.5 Å². The highest BCUT2D eigenvalue weighted by molar-refractivity contribution is 5.92. The van der Waals surface area contributed by atoms with Crippen LogP contribution >= 0.6 is 0 Å². The van der Waals surface area contributed by atoms with Crippen molar-refractivity contribution in [3.8, 4) is 17.2 Å². The molecule has 1 fully saturated rings. The van der Waals surface area contributed by atoms with Crippen molar-refractivity contribution in [2.24, 2.45) is 5.92 Å². The van der Waals surface area contributed by atoms with E-state index < -0.39 is 11.3 Å². The van der Waals surface area contributed by atoms with Crippen molar-refractivity contribution in [1.82, 2.24) is 15.2 Å². The predicted octanol–water partition coefficient (Wildman–Crippen LogP) is 7.27. The minimum absolute atomic E-state index is 0.0362. The quantitative estimate of drug-likeness (QED) is 0.404. The molecule has 0 amide bonds. The van der Waals surface area contributed by atoms with Gasteiger partial charge < -0.3 is 0 Å². The van der Waals surface area contributed by atoms with E-state index in [4.69, 9.17) is 0 Å². The Kier molecular flexibility index (Phi) is 6.28. The topological polar surface area (TPSA) is 65.4 Å². The molecule has 1 aliphatic carbocycles. The maximum Gasteiger partial charge on any atom is 0.273 e. The lowest BCUT2D eigenvalue weighted by atomic mass is 9.75. The van der Waals surface area contributed by atoms with Gasteiger partial charge in [-0.1, -0.05) is 45.6 Å². The highest BCUT2D eigenvalue weighted by Gasteiger charge is 2.35. The largest absolute Gasteiger partial charge is 0.273 e. The lowest BCUT2D eigenvalue weighted by Gasteiger charge is -2.29. The van der Waals surface area contributed by atoms with Crippen LogP contribution in [0.3, 0.4) is 0 Å². The van der Waals surface area contributed by atoms with E-state index in [-0.39, 0.29) is 18.4 Å². The van der Waals surface area contributed by atoms with Crippen LogP contribution in [0.25, 0.3) is 22.2 Å². The van der Waals surface area contributed by atoms with E-state index in [0.717, 1.165) is 42.2 Å². The Balaban J connectivity index is 1.80. The molecule has 1 aliphatic rings. The number of hydrogen-bond donors (Lipinski definition) is 1. The lowest BCUT2D eigenvalue weighted by molar-refractivity contribution is -0.0191. The van der Waals surface area contributed by atoms with Gasteiger partial charge in [0.25, 0.3) is 5.92 Å². The Morgan fingerprint density at radius 3 is 2.66 bits per heavy atom. The van der Waals surface area contributed by atoms with E-state index in [0.29, 0.717) is 30.0 Å². The number of H-pyrrole nitrogens is 1. The van der Waals surface area contributed by atoms with Gasteiger partial charge in [-0.25, -0.2) is 13.8 Å². The average Bonchev–Trinajstić information content (AvgIpc) is 3.49. The van der Waals surface area contributed by atoms with Crippen LogP contribution in [0.15, 0.2) is 36.7 Å². The van der Waals surface area contributed by atoms with Crippen molar-refractivity contribution in [2.75, 3.05) is 0 Å². The highest BCUT2D eigenvalue weighted by atomic mass is 19.3. The molecule has 168 valence electrons. The number of alkyl halides is 2. The van der Waals surface area contributed by atoms with Gasteiger partial charge in [-0.05, 0) is 53.6 Å². The van der Waals surface area contributed by atoms with Crippen molar-refractivity contribution in [2.45, 2.75) is 76.6 Å². The van der Waals surface area contributed by atoms with E-state index in [9.17, 15) is 5.26 Å². The number of hydrogen-bond acceptors (Lipinski definition) is 3. The Hall–Kier alpha value is -2.81. The second kappa shape index (κ2) is 8.97. The molecule has 0 radical (unpaired) electrons. The van der Waals surface area contributed by atoms with Gasteiger partial charge in [0.1, 0.15) is 0 Å². The maximum absolute atomic E-state index is 15.5. The zero-order valence-corrected chi connectivity index (χ0v) is 18.8. The van der Waals surface area contributed by atoms with Crippen LogP contribution in [0, 0.1) is 17.2 Å². The molecule has 32 heavy (non-hydrogen) atoms. The molecule has 0 aliphatic heterocycles. The first-order valence-electron chi connectivity index (χ1n) is 11.6. The van der Waals surface area contributed by atoms with Crippen LogP contribution in [0.4, 0.5) is 8.78 Å². The van der Waals surface area contributed by atoms with Gasteiger partial charge in [0.05, 0.1) is 12.3 Å². The monoisotopic (exact) mass is 436 g/mol. The van der Waals surface area contributed by atoms with Crippen LogP contribution in [0.1, 0.15) is 76.3 Å². The Labute approximate surface area is 188 Å². The van der Waals surface area contributed by atoms with Gasteiger partial charge in [0.15, 0.2) is 5.65 Å². The predicted molar refractivity (Wildman–Crippen MR) is 122 cm³/mol. The number of nitrogens with one attached hydrogen (secondary N) is 1. The summed E-state index contributed by atoms with van der Waals surface area (Å²) >= 11 is 0. The van der Waals surface area contributed by atoms with Gasteiger partial charge in [-0.15, -0.1) is 0 Å². The van der Waals surface area contributed by atoms with E-state index in [1.165, 1.54) is 0 Å². The first-order valence-corrected chi connectivity index (χ1v) is 11.6. The first kappa shape index (κ1) is 22.4. The smallest absolute Gasteiger partial charge is 0.261 e. The van der Waals surface area contributed by atoms with Gasteiger partial charge >= 0.3 is 0 Å². The standard InChI is InChI=1S/C26H30F2N4/c1-3-25(2,11-12-29)20-14-19(22-9-13-30-24-23(22)17-31-32-24)15-21(16-20)26(27,28)10-8-18-6-4-5-7-18/h9,13-18H,3-8,10-11H2,1-2H3,(H,30,31,32). The summed E-state index contributed by atoms with van der Waals surface area (Å²) in [6.45, 7) is 3.98. The third-order valence-electron chi connectivity index (χ3n) is 7.31. The summed E-state index contributed by atoms with van der Waals surface area (Å²) in [7, 11) is 0. The summed E-state index contributed by atoms with van der Waals surface area (Å²) in [6, 6.07) is 9.29. The van der Waals surface area contributed by atoms with Gasteiger partial charge in [-0.2, -0.15) is 10.4 Å². The van der Waals surface area contributed by atoms with Crippen LogP contribution in [-0.4, -0.2) is 15.2 Å². The average molecular weight is 437 g/mol. The van der Waals surface area contributed by atoms with Crippen LogP contribution in [-0.2, 0) is 11.3 Å². The van der Waals surface area contributed by atoms with Crippen molar-refractivity contribution < 1.29 is 8.78 Å². The van der Waals surface area contributed by atoms with Gasteiger partial charge in [-0.3, -0.25) is 5.10 Å². The number of benzene rings is 1. The van der Waals surface area contributed by atoms with Gasteiger partial charge in [0, 0.05) is 35.4 Å². The number of aromatic amines is 1. The van der Waals surface area contributed by atoms with Crippen molar-refractivity contribution >= 4 is 11.0 Å². The van der Waals surface area contributed by atoms with Gasteiger partial charge in [0.2, 0.25) is 0 Å². The van der Waals surface area contributed by atoms with Crippen LogP contribution < -0.4 is 0 Å². The molecule has 2 aromatic heterocycles. The van der Waals surface area contributed by atoms with Crippen molar-refractivity contribution in [1.29, 1.82) is 5.26 Å². The molecule has 1 aromatic carbocycles. The number of aromatic nitrogens is 3. The summed E-state index contributed by atoms with van der Waals surface area (Å²) in [5.41, 5.74) is 2.47. The minimum Gasteiger partial charge on any atom is -0.261 e.